The van der Waals surface area contributed by atoms with Crippen LogP contribution in [0.4, 0.5) is 27.6 Å². The minimum Gasteiger partial charge on any atom is -0.395 e. The number of para-hydroxylation sites is 1. The topological polar surface area (TPSA) is 23.5 Å². The van der Waals surface area contributed by atoms with E-state index in [0.29, 0.717) is 11.3 Å². The summed E-state index contributed by atoms with van der Waals surface area (Å²) in [6, 6.07) is 15.6. The summed E-state index contributed by atoms with van der Waals surface area (Å²) in [7, 11) is 0. The fraction of sp³-hybridized carbons (Fsp3) is 0.130. The fourth-order valence-electron chi connectivity index (χ4n) is 3.16. The van der Waals surface area contributed by atoms with E-state index in [1.807, 2.05) is 0 Å². The van der Waals surface area contributed by atoms with Gasteiger partial charge in [0.1, 0.15) is 0 Å². The number of rotatable bonds is 7. The van der Waals surface area contributed by atoms with Gasteiger partial charge < -0.3 is 10.0 Å². The van der Waals surface area contributed by atoms with Crippen LogP contribution in [-0.4, -0.2) is 18.3 Å². The number of aliphatic hydroxyl groups excluding tert-OH is 1. The molecule has 0 aromatic heterocycles. The zero-order chi connectivity index (χ0) is 21.7. The van der Waals surface area contributed by atoms with Gasteiger partial charge in [0.2, 0.25) is 5.82 Å². The van der Waals surface area contributed by atoms with Gasteiger partial charge in [0.25, 0.3) is 0 Å². The molecule has 0 aliphatic heterocycles. The average molecular weight is 419 g/mol. The number of hydrogen-bond acceptors (Lipinski definition) is 2. The van der Waals surface area contributed by atoms with Crippen LogP contribution in [0.5, 0.6) is 0 Å². The van der Waals surface area contributed by atoms with E-state index < -0.39 is 47.3 Å². The number of aliphatic hydroxyl groups is 1. The summed E-state index contributed by atoms with van der Waals surface area (Å²) in [4.78, 5) is 1.37. The van der Waals surface area contributed by atoms with E-state index in [2.05, 4.69) is 0 Å². The second-order valence-corrected chi connectivity index (χ2v) is 6.45. The molecule has 1 atom stereocenters. The van der Waals surface area contributed by atoms with E-state index in [-0.39, 0.29) is 6.54 Å². The first kappa shape index (κ1) is 21.5. The molecule has 0 saturated heterocycles. The smallest absolute Gasteiger partial charge is 0.200 e. The van der Waals surface area contributed by atoms with Gasteiger partial charge in [-0.1, -0.05) is 60.7 Å². The molecule has 3 rings (SSSR count). The summed E-state index contributed by atoms with van der Waals surface area (Å²) in [6.07, 6.45) is 2.87. The number of anilines is 1. The molecular weight excluding hydrogens is 401 g/mol. The molecule has 0 bridgehead atoms. The van der Waals surface area contributed by atoms with Crippen LogP contribution in [-0.2, 0) is 0 Å². The van der Waals surface area contributed by atoms with Gasteiger partial charge in [-0.05, 0) is 17.7 Å². The fourth-order valence-corrected chi connectivity index (χ4v) is 3.16. The highest BCUT2D eigenvalue weighted by Crippen LogP contribution is 2.35. The predicted octanol–water partition coefficient (Wildman–Crippen LogP) is 5.64. The zero-order valence-corrected chi connectivity index (χ0v) is 15.7. The molecule has 0 amide bonds. The van der Waals surface area contributed by atoms with Crippen LogP contribution >= 0.6 is 0 Å². The number of halogens is 5. The number of hydrogen-bond donors (Lipinski definition) is 1. The third-order valence-corrected chi connectivity index (χ3v) is 4.57. The minimum absolute atomic E-state index is 0.104. The molecule has 3 aromatic carbocycles. The van der Waals surface area contributed by atoms with Gasteiger partial charge in [-0.2, -0.15) is 0 Å². The Bertz CT molecular complexity index is 996. The Labute approximate surface area is 170 Å². The Balaban J connectivity index is 2.21. The van der Waals surface area contributed by atoms with Crippen LogP contribution in [0.25, 0.3) is 6.08 Å². The summed E-state index contributed by atoms with van der Waals surface area (Å²) < 4.78 is 70.7. The summed E-state index contributed by atoms with van der Waals surface area (Å²) in [5, 5.41) is 9.51. The van der Waals surface area contributed by atoms with Crippen molar-refractivity contribution in [2.24, 2.45) is 0 Å². The third-order valence-electron chi connectivity index (χ3n) is 4.57. The first-order valence-electron chi connectivity index (χ1n) is 9.12. The lowest BCUT2D eigenvalue weighted by atomic mass is 10.00. The van der Waals surface area contributed by atoms with E-state index in [1.54, 1.807) is 60.7 Å². The van der Waals surface area contributed by atoms with Gasteiger partial charge >= 0.3 is 0 Å². The van der Waals surface area contributed by atoms with Crippen molar-refractivity contribution < 1.29 is 27.1 Å². The van der Waals surface area contributed by atoms with Crippen molar-refractivity contribution >= 4 is 11.8 Å². The molecule has 0 fully saturated rings. The normalized spacial score (nSPS) is 12.3. The van der Waals surface area contributed by atoms with Crippen molar-refractivity contribution in [1.82, 2.24) is 0 Å². The van der Waals surface area contributed by atoms with Crippen LogP contribution in [0, 0.1) is 29.1 Å². The highest BCUT2D eigenvalue weighted by atomic mass is 19.2. The number of nitrogens with zero attached hydrogens (tertiary/aromatic N) is 1. The van der Waals surface area contributed by atoms with Crippen LogP contribution in [0.1, 0.15) is 17.2 Å². The highest BCUT2D eigenvalue weighted by Gasteiger charge is 2.32. The van der Waals surface area contributed by atoms with Gasteiger partial charge in [-0.15, -0.1) is 0 Å². The zero-order valence-electron chi connectivity index (χ0n) is 15.7. The minimum atomic E-state index is -2.21. The third kappa shape index (κ3) is 4.36. The van der Waals surface area contributed by atoms with E-state index >= 15 is 0 Å². The maximum Gasteiger partial charge on any atom is 0.200 e. The Morgan fingerprint density at radius 1 is 0.733 bits per heavy atom. The second kappa shape index (κ2) is 9.54. The van der Waals surface area contributed by atoms with Crippen molar-refractivity contribution in [3.63, 3.8) is 0 Å². The summed E-state index contributed by atoms with van der Waals surface area (Å²) in [5.74, 6) is -10.1. The summed E-state index contributed by atoms with van der Waals surface area (Å²) in [6.45, 7) is -0.507. The van der Waals surface area contributed by atoms with Crippen molar-refractivity contribution in [1.29, 1.82) is 0 Å². The quantitative estimate of drug-likeness (QED) is 0.305. The Kier molecular flexibility index (Phi) is 6.84. The molecule has 2 nitrogen and oxygen atoms in total. The molecule has 1 N–H and O–H groups in total. The van der Waals surface area contributed by atoms with E-state index in [4.69, 9.17) is 0 Å². The van der Waals surface area contributed by atoms with Crippen LogP contribution in [0.15, 0.2) is 66.7 Å². The Morgan fingerprint density at radius 3 is 1.77 bits per heavy atom. The molecule has 0 saturated carbocycles. The summed E-state index contributed by atoms with van der Waals surface area (Å²) in [5.41, 5.74) is 0.123. The average Bonchev–Trinajstić information content (AvgIpc) is 2.78. The molecule has 0 spiro atoms. The lowest BCUT2D eigenvalue weighted by molar-refractivity contribution is 0.298. The van der Waals surface area contributed by atoms with Crippen molar-refractivity contribution in [2.45, 2.75) is 6.04 Å². The standard InChI is InChI=1S/C23H18F5NO/c24-19-18(20(25)22(27)23(28)21(19)26)17(12-11-15-7-3-1-4-8-15)29(13-14-30)16-9-5-2-6-10-16/h1-12,17,30H,13-14H2/b12-11+/t17-/m0/s1. The second-order valence-electron chi connectivity index (χ2n) is 6.45. The molecule has 0 radical (unpaired) electrons. The lowest BCUT2D eigenvalue weighted by Crippen LogP contribution is -2.32. The Hall–Kier alpha value is -3.19. The highest BCUT2D eigenvalue weighted by molar-refractivity contribution is 5.56. The molecule has 3 aromatic rings. The molecule has 156 valence electrons. The lowest BCUT2D eigenvalue weighted by Gasteiger charge is -2.32. The molecule has 0 unspecified atom stereocenters. The molecule has 30 heavy (non-hydrogen) atoms. The van der Waals surface area contributed by atoms with Crippen molar-refractivity contribution in [3.05, 3.63) is 107 Å². The van der Waals surface area contributed by atoms with Crippen molar-refractivity contribution in [2.75, 3.05) is 18.1 Å². The van der Waals surface area contributed by atoms with Crippen LogP contribution in [0.2, 0.25) is 0 Å². The van der Waals surface area contributed by atoms with Crippen molar-refractivity contribution in [3.8, 4) is 0 Å². The van der Waals surface area contributed by atoms with Crippen LogP contribution in [0.3, 0.4) is 0 Å². The number of benzene rings is 3. The van der Waals surface area contributed by atoms with Gasteiger partial charge in [0.15, 0.2) is 23.3 Å². The molecule has 0 aliphatic carbocycles. The monoisotopic (exact) mass is 419 g/mol. The van der Waals surface area contributed by atoms with Crippen LogP contribution < -0.4 is 4.90 Å². The summed E-state index contributed by atoms with van der Waals surface area (Å²) >= 11 is 0. The molecular formula is C23H18F5NO. The largest absolute Gasteiger partial charge is 0.395 e. The molecule has 0 aliphatic rings. The predicted molar refractivity (Wildman–Crippen MR) is 105 cm³/mol. The van der Waals surface area contributed by atoms with Gasteiger partial charge in [-0.3, -0.25) is 0 Å². The molecule has 0 heterocycles. The van der Waals surface area contributed by atoms with E-state index in [1.165, 1.54) is 17.1 Å². The van der Waals surface area contributed by atoms with Gasteiger partial charge in [0.05, 0.1) is 18.2 Å². The van der Waals surface area contributed by atoms with E-state index in [0.717, 1.165) is 0 Å². The van der Waals surface area contributed by atoms with Gasteiger partial charge in [0, 0.05) is 12.2 Å². The van der Waals surface area contributed by atoms with E-state index in [9.17, 15) is 27.1 Å². The van der Waals surface area contributed by atoms with Gasteiger partial charge in [-0.25, -0.2) is 22.0 Å². The maximum atomic E-state index is 14.7. The molecule has 7 heteroatoms. The SMILES string of the molecule is OCCN(c1ccccc1)[C@@H](/C=C/c1ccccc1)c1c(F)c(F)c(F)c(F)c1F. The first-order chi connectivity index (χ1) is 14.5. The maximum absolute atomic E-state index is 14.7. The first-order valence-corrected chi connectivity index (χ1v) is 9.12. The Morgan fingerprint density at radius 2 is 1.23 bits per heavy atom.